The minimum Gasteiger partial charge on any atom is -0.465 e. The minimum atomic E-state index is -3.55. The number of carbonyl (C=O) groups is 1. The number of carbonyl (C=O) groups excluding carboxylic acids is 1. The van der Waals surface area contributed by atoms with Crippen LogP contribution in [0.15, 0.2) is 15.7 Å². The van der Waals surface area contributed by atoms with E-state index in [9.17, 15) is 13.2 Å². The maximum Gasteiger partial charge on any atom is 0.338 e. The van der Waals surface area contributed by atoms with Crippen LogP contribution < -0.4 is 5.73 Å². The van der Waals surface area contributed by atoms with Gasteiger partial charge in [0.1, 0.15) is 4.21 Å². The van der Waals surface area contributed by atoms with Gasteiger partial charge in [0.05, 0.1) is 12.7 Å². The molecule has 0 radical (unpaired) electrons. The standard InChI is InChI=1S/C12H18N2O4S2/c1-12(7-13)3-4-14(8-12)20(16,17)10-5-9(6-19-10)11(15)18-2/h5-6H,3-4,7-8,13H2,1-2H3. The summed E-state index contributed by atoms with van der Waals surface area (Å²) in [5.41, 5.74) is 5.78. The molecule has 0 amide bonds. The third-order valence-electron chi connectivity index (χ3n) is 3.61. The highest BCUT2D eigenvalue weighted by atomic mass is 32.2. The number of ether oxygens (including phenoxy) is 1. The third kappa shape index (κ3) is 2.73. The number of hydrogen-bond acceptors (Lipinski definition) is 6. The largest absolute Gasteiger partial charge is 0.465 e. The molecule has 0 aliphatic carbocycles. The SMILES string of the molecule is COC(=O)c1csc(S(=O)(=O)N2CCC(C)(CN)C2)c1. The number of sulfonamides is 1. The molecule has 8 heteroatoms. The molecule has 1 unspecified atom stereocenters. The van der Waals surface area contributed by atoms with Gasteiger partial charge in [0.2, 0.25) is 0 Å². The molecule has 2 heterocycles. The molecule has 0 aromatic carbocycles. The quantitative estimate of drug-likeness (QED) is 0.833. The molecule has 2 N–H and O–H groups in total. The van der Waals surface area contributed by atoms with Crippen LogP contribution in [0.1, 0.15) is 23.7 Å². The van der Waals surface area contributed by atoms with E-state index in [1.54, 1.807) is 0 Å². The van der Waals surface area contributed by atoms with Crippen LogP contribution in [0.2, 0.25) is 0 Å². The van der Waals surface area contributed by atoms with Crippen LogP contribution >= 0.6 is 11.3 Å². The zero-order valence-corrected chi connectivity index (χ0v) is 13.1. The summed E-state index contributed by atoms with van der Waals surface area (Å²) in [7, 11) is -2.29. The Kier molecular flexibility index (Phi) is 4.19. The molecule has 20 heavy (non-hydrogen) atoms. The Morgan fingerprint density at radius 2 is 2.30 bits per heavy atom. The van der Waals surface area contributed by atoms with E-state index in [4.69, 9.17) is 5.73 Å². The van der Waals surface area contributed by atoms with E-state index >= 15 is 0 Å². The molecule has 1 saturated heterocycles. The number of hydrogen-bond donors (Lipinski definition) is 1. The maximum absolute atomic E-state index is 12.5. The molecular formula is C12H18N2O4S2. The van der Waals surface area contributed by atoms with Crippen molar-refractivity contribution in [2.75, 3.05) is 26.7 Å². The normalized spacial score (nSPS) is 23.9. The fourth-order valence-electron chi connectivity index (χ4n) is 2.15. The summed E-state index contributed by atoms with van der Waals surface area (Å²) in [5, 5.41) is 1.50. The van der Waals surface area contributed by atoms with E-state index in [0.717, 1.165) is 17.8 Å². The zero-order valence-electron chi connectivity index (χ0n) is 11.5. The van der Waals surface area contributed by atoms with Gasteiger partial charge >= 0.3 is 5.97 Å². The topological polar surface area (TPSA) is 89.7 Å². The third-order valence-corrected chi connectivity index (χ3v) is 6.87. The molecule has 0 saturated carbocycles. The summed E-state index contributed by atoms with van der Waals surface area (Å²) in [6, 6.07) is 1.37. The summed E-state index contributed by atoms with van der Waals surface area (Å²) in [6.45, 7) is 3.31. The van der Waals surface area contributed by atoms with E-state index in [2.05, 4.69) is 4.74 Å². The van der Waals surface area contributed by atoms with Crippen LogP contribution in [0.3, 0.4) is 0 Å². The van der Waals surface area contributed by atoms with Crippen LogP contribution in [-0.2, 0) is 14.8 Å². The molecule has 112 valence electrons. The van der Waals surface area contributed by atoms with Gasteiger partial charge in [-0.25, -0.2) is 13.2 Å². The monoisotopic (exact) mass is 318 g/mol. The van der Waals surface area contributed by atoms with Gasteiger partial charge in [0.15, 0.2) is 0 Å². The van der Waals surface area contributed by atoms with Crippen molar-refractivity contribution in [3.63, 3.8) is 0 Å². The predicted octanol–water partition coefficient (Wildman–Crippen LogP) is 0.894. The van der Waals surface area contributed by atoms with Crippen molar-refractivity contribution in [2.45, 2.75) is 17.6 Å². The van der Waals surface area contributed by atoms with Crippen molar-refractivity contribution in [3.05, 3.63) is 17.0 Å². The van der Waals surface area contributed by atoms with E-state index in [0.29, 0.717) is 19.6 Å². The molecule has 0 bridgehead atoms. The van der Waals surface area contributed by atoms with Gasteiger partial charge in [-0.15, -0.1) is 11.3 Å². The summed E-state index contributed by atoms with van der Waals surface area (Å²) >= 11 is 1.03. The average molecular weight is 318 g/mol. The van der Waals surface area contributed by atoms with E-state index < -0.39 is 16.0 Å². The molecule has 0 spiro atoms. The number of nitrogens with zero attached hydrogens (tertiary/aromatic N) is 1. The Morgan fingerprint density at radius 3 is 2.85 bits per heavy atom. The lowest BCUT2D eigenvalue weighted by molar-refractivity contribution is 0.0601. The smallest absolute Gasteiger partial charge is 0.338 e. The Bertz CT molecular complexity index is 611. The molecule has 2 rings (SSSR count). The first-order valence-electron chi connectivity index (χ1n) is 6.19. The van der Waals surface area contributed by atoms with Crippen LogP contribution in [0.4, 0.5) is 0 Å². The number of thiophene rings is 1. The Labute approximate surface area is 122 Å². The number of nitrogens with two attached hydrogens (primary N) is 1. The van der Waals surface area contributed by atoms with E-state index in [-0.39, 0.29) is 15.2 Å². The Morgan fingerprint density at radius 1 is 1.60 bits per heavy atom. The zero-order chi connectivity index (χ0) is 15.0. The summed E-state index contributed by atoms with van der Waals surface area (Å²) < 4.78 is 31.2. The fourth-order valence-corrected chi connectivity index (χ4v) is 5.05. The van der Waals surface area contributed by atoms with E-state index in [1.165, 1.54) is 22.9 Å². The lowest BCUT2D eigenvalue weighted by Gasteiger charge is -2.21. The van der Waals surface area contributed by atoms with Crippen LogP contribution in [0.25, 0.3) is 0 Å². The van der Waals surface area contributed by atoms with Gasteiger partial charge in [-0.3, -0.25) is 0 Å². The highest BCUT2D eigenvalue weighted by molar-refractivity contribution is 7.91. The van der Waals surface area contributed by atoms with Gasteiger partial charge in [0, 0.05) is 18.5 Å². The highest BCUT2D eigenvalue weighted by Gasteiger charge is 2.39. The molecule has 6 nitrogen and oxygen atoms in total. The second-order valence-corrected chi connectivity index (χ2v) is 8.33. The first-order valence-corrected chi connectivity index (χ1v) is 8.51. The van der Waals surface area contributed by atoms with Crippen molar-refractivity contribution in [1.29, 1.82) is 0 Å². The molecule has 1 atom stereocenters. The molecular weight excluding hydrogens is 300 g/mol. The predicted molar refractivity (Wildman–Crippen MR) is 76.2 cm³/mol. The highest BCUT2D eigenvalue weighted by Crippen LogP contribution is 2.34. The fraction of sp³-hybridized carbons (Fsp3) is 0.583. The van der Waals surface area contributed by atoms with Crippen LogP contribution in [0.5, 0.6) is 0 Å². The molecule has 1 aliphatic rings. The Hall–Kier alpha value is -0.960. The van der Waals surface area contributed by atoms with Gasteiger partial charge in [-0.1, -0.05) is 6.92 Å². The van der Waals surface area contributed by atoms with Crippen LogP contribution in [-0.4, -0.2) is 45.4 Å². The molecule has 1 aliphatic heterocycles. The van der Waals surface area contributed by atoms with Crippen molar-refractivity contribution >= 4 is 27.3 Å². The van der Waals surface area contributed by atoms with E-state index in [1.807, 2.05) is 6.92 Å². The number of esters is 1. The maximum atomic E-state index is 12.5. The van der Waals surface area contributed by atoms with Crippen molar-refractivity contribution in [1.82, 2.24) is 4.31 Å². The van der Waals surface area contributed by atoms with Gasteiger partial charge in [-0.2, -0.15) is 4.31 Å². The van der Waals surface area contributed by atoms with Gasteiger partial charge in [-0.05, 0) is 24.4 Å². The lowest BCUT2D eigenvalue weighted by atomic mass is 9.90. The van der Waals surface area contributed by atoms with Gasteiger partial charge < -0.3 is 10.5 Å². The summed E-state index contributed by atoms with van der Waals surface area (Å²) in [5.74, 6) is -0.532. The second-order valence-electron chi connectivity index (χ2n) is 5.25. The lowest BCUT2D eigenvalue weighted by Crippen LogP contribution is -2.34. The van der Waals surface area contributed by atoms with Gasteiger partial charge in [0.25, 0.3) is 10.0 Å². The summed E-state index contributed by atoms with van der Waals surface area (Å²) in [4.78, 5) is 11.4. The molecule has 1 aromatic rings. The number of rotatable bonds is 4. The minimum absolute atomic E-state index is 0.166. The average Bonchev–Trinajstić information content (AvgIpc) is 3.05. The van der Waals surface area contributed by atoms with Crippen molar-refractivity contribution in [2.24, 2.45) is 11.1 Å². The van der Waals surface area contributed by atoms with Crippen LogP contribution in [0, 0.1) is 5.41 Å². The first kappa shape index (κ1) is 15.4. The Balaban J connectivity index is 2.23. The first-order chi connectivity index (χ1) is 9.32. The van der Waals surface area contributed by atoms with Crippen molar-refractivity contribution < 1.29 is 17.9 Å². The summed E-state index contributed by atoms with van der Waals surface area (Å²) in [6.07, 6.45) is 0.748. The molecule has 1 fully saturated rings. The number of methoxy groups -OCH3 is 1. The molecule has 1 aromatic heterocycles. The van der Waals surface area contributed by atoms with Crippen molar-refractivity contribution in [3.8, 4) is 0 Å². The second kappa shape index (κ2) is 5.44.